The second-order valence-corrected chi connectivity index (χ2v) is 6.21. The fraction of sp³-hybridized carbons (Fsp3) is 0.333. The Morgan fingerprint density at radius 1 is 1.14 bits per heavy atom. The standard InChI is InChI=1S/C15H17N5S/c1-8-6-9(2)19-15(18-8)21-14-11(13(16)17)7-10-4-3-5-12(10)20-14/h6-7H,3-5H2,1-2H3,(H3,16,17). The third-order valence-electron chi connectivity index (χ3n) is 3.46. The Morgan fingerprint density at radius 2 is 1.86 bits per heavy atom. The van der Waals surface area contributed by atoms with Crippen LogP contribution in [0.4, 0.5) is 0 Å². The molecule has 5 nitrogen and oxygen atoms in total. The van der Waals surface area contributed by atoms with Crippen molar-refractivity contribution >= 4 is 17.6 Å². The van der Waals surface area contributed by atoms with Crippen molar-refractivity contribution in [3.8, 4) is 0 Å². The Balaban J connectivity index is 2.03. The number of nitrogens with two attached hydrogens (primary N) is 1. The van der Waals surface area contributed by atoms with Crippen LogP contribution in [0.3, 0.4) is 0 Å². The molecule has 21 heavy (non-hydrogen) atoms. The van der Waals surface area contributed by atoms with Gasteiger partial charge in [-0.1, -0.05) is 0 Å². The molecule has 1 aliphatic rings. The van der Waals surface area contributed by atoms with E-state index in [1.807, 2.05) is 26.0 Å². The average Bonchev–Trinajstić information content (AvgIpc) is 2.83. The molecule has 0 radical (unpaired) electrons. The minimum Gasteiger partial charge on any atom is -0.384 e. The highest BCUT2D eigenvalue weighted by Crippen LogP contribution is 2.31. The zero-order chi connectivity index (χ0) is 15.0. The van der Waals surface area contributed by atoms with Gasteiger partial charge in [0.05, 0.1) is 0 Å². The van der Waals surface area contributed by atoms with E-state index in [0.717, 1.165) is 41.4 Å². The topological polar surface area (TPSA) is 88.5 Å². The van der Waals surface area contributed by atoms with Gasteiger partial charge in [-0.05, 0) is 62.6 Å². The number of rotatable bonds is 3. The molecule has 0 amide bonds. The van der Waals surface area contributed by atoms with E-state index in [2.05, 4.69) is 9.97 Å². The van der Waals surface area contributed by atoms with Crippen LogP contribution in [0.2, 0.25) is 0 Å². The molecule has 0 spiro atoms. The van der Waals surface area contributed by atoms with Gasteiger partial charge in [0.25, 0.3) is 0 Å². The average molecular weight is 299 g/mol. The van der Waals surface area contributed by atoms with E-state index in [0.29, 0.717) is 10.7 Å². The smallest absolute Gasteiger partial charge is 0.194 e. The predicted molar refractivity (Wildman–Crippen MR) is 82.9 cm³/mol. The molecule has 0 aliphatic heterocycles. The summed E-state index contributed by atoms with van der Waals surface area (Å²) in [7, 11) is 0. The Kier molecular flexibility index (Phi) is 3.63. The van der Waals surface area contributed by atoms with Crippen LogP contribution in [0.15, 0.2) is 22.3 Å². The molecule has 0 aromatic carbocycles. The van der Waals surface area contributed by atoms with Gasteiger partial charge in [-0.15, -0.1) is 0 Å². The normalized spacial score (nSPS) is 13.2. The van der Waals surface area contributed by atoms with Gasteiger partial charge in [0.2, 0.25) is 0 Å². The number of hydrogen-bond acceptors (Lipinski definition) is 5. The lowest BCUT2D eigenvalue weighted by atomic mass is 10.1. The molecule has 0 atom stereocenters. The number of fused-ring (bicyclic) bond motifs is 1. The van der Waals surface area contributed by atoms with Gasteiger partial charge in [-0.3, -0.25) is 5.41 Å². The van der Waals surface area contributed by atoms with E-state index < -0.39 is 0 Å². The minimum absolute atomic E-state index is 0.0454. The second kappa shape index (κ2) is 5.44. The monoisotopic (exact) mass is 299 g/mol. The van der Waals surface area contributed by atoms with Crippen LogP contribution < -0.4 is 5.73 Å². The van der Waals surface area contributed by atoms with Gasteiger partial charge in [0.1, 0.15) is 10.9 Å². The molecule has 3 N–H and O–H groups in total. The highest BCUT2D eigenvalue weighted by atomic mass is 32.2. The summed E-state index contributed by atoms with van der Waals surface area (Å²) in [5, 5.41) is 9.16. The lowest BCUT2D eigenvalue weighted by Crippen LogP contribution is -2.14. The molecular weight excluding hydrogens is 282 g/mol. The van der Waals surface area contributed by atoms with Crippen molar-refractivity contribution in [3.05, 3.63) is 40.3 Å². The summed E-state index contributed by atoms with van der Waals surface area (Å²) < 4.78 is 0. The van der Waals surface area contributed by atoms with Crippen LogP contribution in [-0.4, -0.2) is 20.8 Å². The summed E-state index contributed by atoms with van der Waals surface area (Å²) in [4.78, 5) is 13.5. The molecule has 2 aromatic rings. The van der Waals surface area contributed by atoms with Gasteiger partial charge in [-0.25, -0.2) is 15.0 Å². The van der Waals surface area contributed by atoms with E-state index in [1.165, 1.54) is 17.3 Å². The molecule has 0 fully saturated rings. The number of pyridine rings is 1. The molecule has 0 unspecified atom stereocenters. The quantitative estimate of drug-likeness (QED) is 0.516. The van der Waals surface area contributed by atoms with Crippen LogP contribution in [0.25, 0.3) is 0 Å². The zero-order valence-corrected chi connectivity index (χ0v) is 12.9. The number of nitrogens with zero attached hydrogens (tertiary/aromatic N) is 3. The first-order valence-corrected chi connectivity index (χ1v) is 7.72. The fourth-order valence-corrected chi connectivity index (χ4v) is 3.54. The van der Waals surface area contributed by atoms with E-state index in [-0.39, 0.29) is 5.84 Å². The van der Waals surface area contributed by atoms with Gasteiger partial charge < -0.3 is 5.73 Å². The Morgan fingerprint density at radius 3 is 2.52 bits per heavy atom. The molecule has 0 saturated carbocycles. The lowest BCUT2D eigenvalue weighted by Gasteiger charge is -2.10. The summed E-state index contributed by atoms with van der Waals surface area (Å²) in [6.07, 6.45) is 3.14. The minimum atomic E-state index is 0.0454. The highest BCUT2D eigenvalue weighted by Gasteiger charge is 2.19. The Hall–Kier alpha value is -1.95. The molecule has 2 aromatic heterocycles. The summed E-state index contributed by atoms with van der Waals surface area (Å²) >= 11 is 1.38. The summed E-state index contributed by atoms with van der Waals surface area (Å²) in [6.45, 7) is 3.89. The van der Waals surface area contributed by atoms with Crippen LogP contribution in [0.5, 0.6) is 0 Å². The lowest BCUT2D eigenvalue weighted by molar-refractivity contribution is 0.883. The number of aromatic nitrogens is 3. The van der Waals surface area contributed by atoms with E-state index in [1.54, 1.807) is 0 Å². The number of nitrogens with one attached hydrogen (secondary N) is 1. The number of aryl methyl sites for hydroxylation is 4. The second-order valence-electron chi connectivity index (χ2n) is 5.25. The van der Waals surface area contributed by atoms with E-state index in [4.69, 9.17) is 16.1 Å². The molecular formula is C15H17N5S. The molecule has 0 saturated heterocycles. The number of amidine groups is 1. The van der Waals surface area contributed by atoms with Gasteiger partial charge >= 0.3 is 0 Å². The maximum absolute atomic E-state index is 7.77. The van der Waals surface area contributed by atoms with Crippen LogP contribution in [0, 0.1) is 19.3 Å². The predicted octanol–water partition coefficient (Wildman–Crippen LogP) is 2.41. The van der Waals surface area contributed by atoms with Crippen molar-refractivity contribution < 1.29 is 0 Å². The molecule has 6 heteroatoms. The van der Waals surface area contributed by atoms with Crippen LogP contribution >= 0.6 is 11.8 Å². The maximum atomic E-state index is 7.77. The summed E-state index contributed by atoms with van der Waals surface area (Å²) in [5.41, 5.74) is 10.6. The largest absolute Gasteiger partial charge is 0.384 e. The summed E-state index contributed by atoms with van der Waals surface area (Å²) in [5.74, 6) is 0.0454. The SMILES string of the molecule is Cc1cc(C)nc(Sc2nc3c(cc2C(=N)N)CCC3)n1. The van der Waals surface area contributed by atoms with Crippen LogP contribution in [-0.2, 0) is 12.8 Å². The highest BCUT2D eigenvalue weighted by molar-refractivity contribution is 7.99. The van der Waals surface area contributed by atoms with Crippen molar-refractivity contribution in [1.29, 1.82) is 5.41 Å². The van der Waals surface area contributed by atoms with E-state index >= 15 is 0 Å². The maximum Gasteiger partial charge on any atom is 0.194 e. The third kappa shape index (κ3) is 2.90. The third-order valence-corrected chi connectivity index (χ3v) is 4.33. The number of nitrogen functional groups attached to an aromatic ring is 1. The molecule has 1 aliphatic carbocycles. The van der Waals surface area contributed by atoms with Crippen molar-refractivity contribution in [2.45, 2.75) is 43.3 Å². The molecule has 0 bridgehead atoms. The van der Waals surface area contributed by atoms with Gasteiger partial charge in [0.15, 0.2) is 5.16 Å². The molecule has 108 valence electrons. The van der Waals surface area contributed by atoms with Crippen molar-refractivity contribution in [1.82, 2.24) is 15.0 Å². The fourth-order valence-electron chi connectivity index (χ4n) is 2.55. The Bertz CT molecular complexity index is 706. The first-order valence-electron chi connectivity index (χ1n) is 6.90. The van der Waals surface area contributed by atoms with Gasteiger partial charge in [0, 0.05) is 22.6 Å². The first kappa shape index (κ1) is 14.0. The molecule has 3 rings (SSSR count). The first-order chi connectivity index (χ1) is 10.0. The van der Waals surface area contributed by atoms with Crippen LogP contribution in [0.1, 0.15) is 34.6 Å². The number of hydrogen-bond donors (Lipinski definition) is 2. The van der Waals surface area contributed by atoms with Crippen molar-refractivity contribution in [2.75, 3.05) is 0 Å². The van der Waals surface area contributed by atoms with Crippen molar-refractivity contribution in [3.63, 3.8) is 0 Å². The zero-order valence-electron chi connectivity index (χ0n) is 12.1. The van der Waals surface area contributed by atoms with E-state index in [9.17, 15) is 0 Å². The Labute approximate surface area is 127 Å². The molecule has 2 heterocycles. The summed E-state index contributed by atoms with van der Waals surface area (Å²) in [6, 6.07) is 3.94. The van der Waals surface area contributed by atoms with Crippen molar-refractivity contribution in [2.24, 2.45) is 5.73 Å². The van der Waals surface area contributed by atoms with Gasteiger partial charge in [-0.2, -0.15) is 0 Å².